The van der Waals surface area contributed by atoms with Crippen molar-refractivity contribution < 1.29 is 5.11 Å². The van der Waals surface area contributed by atoms with E-state index in [-0.39, 0.29) is 5.54 Å². The van der Waals surface area contributed by atoms with Crippen molar-refractivity contribution in [2.45, 2.75) is 45.9 Å². The average molecular weight is 246 g/mol. The molecule has 2 N–H and O–H groups in total. The van der Waals surface area contributed by atoms with Gasteiger partial charge in [0.25, 0.3) is 0 Å². The smallest absolute Gasteiger partial charge is 0.0921 e. The number of hydrogen-bond donors (Lipinski definition) is 2. The van der Waals surface area contributed by atoms with Crippen LogP contribution in [-0.4, -0.2) is 22.9 Å². The van der Waals surface area contributed by atoms with Crippen LogP contribution >= 0.6 is 0 Å². The normalized spacial score (nSPS) is 16.4. The maximum absolute atomic E-state index is 10.3. The number of hydrogen-bond acceptors (Lipinski definition) is 3. The molecule has 0 unspecified atom stereocenters. The third kappa shape index (κ3) is 2.79. The summed E-state index contributed by atoms with van der Waals surface area (Å²) in [5.74, 6) is 0. The van der Waals surface area contributed by atoms with Gasteiger partial charge in [-0.1, -0.05) is 18.2 Å². The van der Waals surface area contributed by atoms with E-state index >= 15 is 0 Å². The van der Waals surface area contributed by atoms with Crippen molar-refractivity contribution in [3.8, 4) is 0 Å². The number of rotatable bonds is 3. The summed E-state index contributed by atoms with van der Waals surface area (Å²) < 4.78 is 0. The van der Waals surface area contributed by atoms with Crippen LogP contribution in [0.2, 0.25) is 0 Å². The van der Waals surface area contributed by atoms with Gasteiger partial charge >= 0.3 is 0 Å². The van der Waals surface area contributed by atoms with Crippen LogP contribution in [0.4, 0.5) is 0 Å². The Morgan fingerprint density at radius 3 is 2.78 bits per heavy atom. The van der Waals surface area contributed by atoms with Crippen LogP contribution in [0, 0.1) is 0 Å². The molecule has 0 saturated heterocycles. The summed E-state index contributed by atoms with van der Waals surface area (Å²) in [6.45, 7) is 9.62. The Morgan fingerprint density at radius 2 is 2.11 bits per heavy atom. The number of aliphatic imine (C=N–C) groups is 1. The minimum Gasteiger partial charge on any atom is -0.387 e. The molecule has 1 aromatic carbocycles. The van der Waals surface area contributed by atoms with Crippen molar-refractivity contribution in [1.29, 1.82) is 0 Å². The molecule has 0 radical (unpaired) electrons. The summed E-state index contributed by atoms with van der Waals surface area (Å²) in [7, 11) is 0. The first-order valence-electron chi connectivity index (χ1n) is 6.45. The van der Waals surface area contributed by atoms with Gasteiger partial charge in [0.15, 0.2) is 0 Å². The highest BCUT2D eigenvalue weighted by Gasteiger charge is 2.21. The molecule has 2 rings (SSSR count). The fourth-order valence-electron chi connectivity index (χ4n) is 2.27. The van der Waals surface area contributed by atoms with Crippen molar-refractivity contribution in [2.24, 2.45) is 4.99 Å². The molecule has 1 heterocycles. The second kappa shape index (κ2) is 4.82. The van der Waals surface area contributed by atoms with E-state index in [1.165, 1.54) is 5.56 Å². The number of aliphatic hydroxyl groups excluding tert-OH is 1. The van der Waals surface area contributed by atoms with Gasteiger partial charge in [-0.15, -0.1) is 0 Å². The maximum atomic E-state index is 10.3. The highest BCUT2D eigenvalue weighted by atomic mass is 16.3. The predicted octanol–water partition coefficient (Wildman–Crippen LogP) is 2.43. The highest BCUT2D eigenvalue weighted by molar-refractivity contribution is 6.03. The first-order valence-corrected chi connectivity index (χ1v) is 6.45. The zero-order chi connectivity index (χ0) is 13.3. The molecule has 1 aliphatic rings. The quantitative estimate of drug-likeness (QED) is 0.860. The van der Waals surface area contributed by atoms with Crippen LogP contribution in [-0.2, 0) is 6.54 Å². The van der Waals surface area contributed by atoms with Gasteiger partial charge in [-0.3, -0.25) is 4.99 Å². The average Bonchev–Trinajstić information content (AvgIpc) is 2.67. The molecule has 0 amide bonds. The lowest BCUT2D eigenvalue weighted by molar-refractivity contribution is 0.163. The van der Waals surface area contributed by atoms with Crippen molar-refractivity contribution in [1.82, 2.24) is 5.32 Å². The first kappa shape index (κ1) is 13.2. The van der Waals surface area contributed by atoms with Gasteiger partial charge in [0, 0.05) is 23.4 Å². The second-order valence-corrected chi connectivity index (χ2v) is 5.93. The van der Waals surface area contributed by atoms with Crippen molar-refractivity contribution >= 4 is 5.71 Å². The molecule has 0 spiro atoms. The first-order chi connectivity index (χ1) is 8.38. The van der Waals surface area contributed by atoms with E-state index in [1.54, 1.807) is 0 Å². The number of fused-ring (bicyclic) bond motifs is 1. The van der Waals surface area contributed by atoms with E-state index in [0.717, 1.165) is 23.4 Å². The topological polar surface area (TPSA) is 44.6 Å². The molecule has 18 heavy (non-hydrogen) atoms. The van der Waals surface area contributed by atoms with E-state index in [4.69, 9.17) is 0 Å². The van der Waals surface area contributed by atoms with E-state index in [9.17, 15) is 5.11 Å². The number of nitrogens with zero attached hydrogens (tertiary/aromatic N) is 1. The number of nitrogens with one attached hydrogen (secondary N) is 1. The number of β-amino-alcohol motifs (C(OH)–C–C–N with tert-alkyl or cyclic N) is 1. The Morgan fingerprint density at radius 1 is 1.39 bits per heavy atom. The minimum atomic E-state index is -0.484. The van der Waals surface area contributed by atoms with E-state index < -0.39 is 6.10 Å². The summed E-state index contributed by atoms with van der Waals surface area (Å²) in [6.07, 6.45) is -0.484. The molecule has 0 aromatic heterocycles. The number of aliphatic hydroxyl groups is 1. The van der Waals surface area contributed by atoms with E-state index in [1.807, 2.05) is 19.1 Å². The third-order valence-electron chi connectivity index (χ3n) is 3.22. The molecule has 98 valence electrons. The Bertz CT molecular complexity index is 472. The molecular weight excluding hydrogens is 224 g/mol. The van der Waals surface area contributed by atoms with Gasteiger partial charge < -0.3 is 10.4 Å². The Labute approximate surface area is 109 Å². The van der Waals surface area contributed by atoms with Crippen LogP contribution in [0.3, 0.4) is 0 Å². The summed E-state index contributed by atoms with van der Waals surface area (Å²) in [6, 6.07) is 6.09. The zero-order valence-electron chi connectivity index (χ0n) is 11.6. The summed E-state index contributed by atoms with van der Waals surface area (Å²) in [5.41, 5.74) is 4.40. The van der Waals surface area contributed by atoms with Crippen molar-refractivity contribution in [3.63, 3.8) is 0 Å². The maximum Gasteiger partial charge on any atom is 0.0921 e. The third-order valence-corrected chi connectivity index (χ3v) is 3.22. The van der Waals surface area contributed by atoms with E-state index in [2.05, 4.69) is 37.1 Å². The minimum absolute atomic E-state index is 0.0159. The predicted molar refractivity (Wildman–Crippen MR) is 75.1 cm³/mol. The largest absolute Gasteiger partial charge is 0.387 e. The lowest BCUT2D eigenvalue weighted by Gasteiger charge is -2.24. The molecule has 0 saturated carbocycles. The monoisotopic (exact) mass is 246 g/mol. The molecule has 0 bridgehead atoms. The summed E-state index contributed by atoms with van der Waals surface area (Å²) in [4.78, 5) is 4.44. The molecular formula is C15H22N2O. The lowest BCUT2D eigenvalue weighted by atomic mass is 9.95. The zero-order valence-corrected chi connectivity index (χ0v) is 11.6. The summed E-state index contributed by atoms with van der Waals surface area (Å²) >= 11 is 0. The van der Waals surface area contributed by atoms with Gasteiger partial charge in [0.1, 0.15) is 0 Å². The Balaban J connectivity index is 2.19. The van der Waals surface area contributed by atoms with Crippen LogP contribution in [0.1, 0.15) is 50.5 Å². The number of benzene rings is 1. The summed E-state index contributed by atoms with van der Waals surface area (Å²) in [5, 5.41) is 13.7. The van der Waals surface area contributed by atoms with Crippen molar-refractivity contribution in [3.05, 3.63) is 34.9 Å². The van der Waals surface area contributed by atoms with Crippen LogP contribution in [0.25, 0.3) is 0 Å². The van der Waals surface area contributed by atoms with Crippen LogP contribution in [0.5, 0.6) is 0 Å². The van der Waals surface area contributed by atoms with Crippen molar-refractivity contribution in [2.75, 3.05) is 6.54 Å². The molecule has 1 aliphatic heterocycles. The highest BCUT2D eigenvalue weighted by Crippen LogP contribution is 2.27. The molecule has 3 nitrogen and oxygen atoms in total. The molecule has 0 fully saturated rings. The fourth-order valence-corrected chi connectivity index (χ4v) is 2.27. The molecule has 3 heteroatoms. The van der Waals surface area contributed by atoms with Crippen LogP contribution in [0.15, 0.2) is 23.2 Å². The van der Waals surface area contributed by atoms with Gasteiger partial charge in [-0.25, -0.2) is 0 Å². The van der Waals surface area contributed by atoms with Gasteiger partial charge in [-0.05, 0) is 38.8 Å². The van der Waals surface area contributed by atoms with Crippen LogP contribution < -0.4 is 5.32 Å². The van der Waals surface area contributed by atoms with Gasteiger partial charge in [-0.2, -0.15) is 0 Å². The second-order valence-electron chi connectivity index (χ2n) is 5.93. The van der Waals surface area contributed by atoms with Gasteiger partial charge in [0.05, 0.1) is 12.6 Å². The SMILES string of the molecule is CC1=NCc2cccc([C@@H](O)CNC(C)(C)C)c21. The Hall–Kier alpha value is -1.19. The van der Waals surface area contributed by atoms with E-state index in [0.29, 0.717) is 6.54 Å². The molecule has 0 aliphatic carbocycles. The van der Waals surface area contributed by atoms with Gasteiger partial charge in [0.2, 0.25) is 0 Å². The fraction of sp³-hybridized carbons (Fsp3) is 0.533. The molecule has 1 atom stereocenters. The Kier molecular flexibility index (Phi) is 3.55. The lowest BCUT2D eigenvalue weighted by Crippen LogP contribution is -2.38. The molecule has 1 aromatic rings. The standard InChI is InChI=1S/C15H22N2O/c1-10-14-11(8-16-10)6-5-7-12(14)13(18)9-17-15(2,3)4/h5-7,13,17-18H,8-9H2,1-4H3/t13-/m0/s1.